The minimum atomic E-state index is -0.386. The predicted molar refractivity (Wildman–Crippen MR) is 79.2 cm³/mol. The van der Waals surface area contributed by atoms with Crippen LogP contribution in [0.1, 0.15) is 43.7 Å². The zero-order chi connectivity index (χ0) is 13.3. The van der Waals surface area contributed by atoms with E-state index in [2.05, 4.69) is 21.7 Å². The van der Waals surface area contributed by atoms with E-state index in [1.165, 1.54) is 24.8 Å². The summed E-state index contributed by atoms with van der Waals surface area (Å²) in [5, 5.41) is 15.1. The van der Waals surface area contributed by atoms with Crippen molar-refractivity contribution in [2.75, 3.05) is 19.6 Å². The summed E-state index contributed by atoms with van der Waals surface area (Å²) in [5.74, 6) is 0.447. The van der Waals surface area contributed by atoms with E-state index in [4.69, 9.17) is 5.73 Å². The van der Waals surface area contributed by atoms with Crippen molar-refractivity contribution in [1.29, 1.82) is 0 Å². The topological polar surface area (TPSA) is 49.5 Å². The summed E-state index contributed by atoms with van der Waals surface area (Å²) in [6, 6.07) is 2.52. The summed E-state index contributed by atoms with van der Waals surface area (Å²) in [4.78, 5) is 2.49. The fourth-order valence-corrected chi connectivity index (χ4v) is 4.55. The molecule has 2 heterocycles. The number of aliphatic hydroxyl groups is 1. The van der Waals surface area contributed by atoms with Crippen LogP contribution in [-0.2, 0) is 0 Å². The molecule has 2 fully saturated rings. The molecule has 19 heavy (non-hydrogen) atoms. The molecule has 0 spiro atoms. The van der Waals surface area contributed by atoms with Gasteiger partial charge in [0.05, 0.1) is 5.60 Å². The van der Waals surface area contributed by atoms with Crippen molar-refractivity contribution in [3.63, 3.8) is 0 Å². The Bertz CT molecular complexity index is 408. The van der Waals surface area contributed by atoms with Gasteiger partial charge in [0, 0.05) is 31.6 Å². The van der Waals surface area contributed by atoms with Crippen molar-refractivity contribution in [2.45, 2.75) is 43.7 Å². The molecule has 2 aliphatic rings. The second-order valence-corrected chi connectivity index (χ2v) is 6.88. The van der Waals surface area contributed by atoms with Gasteiger partial charge in [-0.3, -0.25) is 4.90 Å². The number of hydrogen-bond acceptors (Lipinski definition) is 4. The summed E-state index contributed by atoms with van der Waals surface area (Å²) < 4.78 is 0. The largest absolute Gasteiger partial charge is 0.390 e. The molecule has 1 aromatic heterocycles. The van der Waals surface area contributed by atoms with Gasteiger partial charge < -0.3 is 10.8 Å². The maximum atomic E-state index is 10.7. The molecule has 106 valence electrons. The Balaban J connectivity index is 1.73. The number of hydrogen-bond donors (Lipinski definition) is 2. The molecular weight excluding hydrogens is 256 g/mol. The first-order chi connectivity index (χ1) is 9.23. The Morgan fingerprint density at radius 2 is 2.37 bits per heavy atom. The van der Waals surface area contributed by atoms with Crippen LogP contribution in [0.2, 0.25) is 0 Å². The van der Waals surface area contributed by atoms with Crippen molar-refractivity contribution < 1.29 is 5.11 Å². The van der Waals surface area contributed by atoms with Gasteiger partial charge in [-0.25, -0.2) is 0 Å². The molecule has 4 heteroatoms. The third kappa shape index (κ3) is 2.59. The smallest absolute Gasteiger partial charge is 0.0700 e. The fraction of sp³-hybridized carbons (Fsp3) is 0.733. The summed E-state index contributed by atoms with van der Waals surface area (Å²) >= 11 is 1.74. The van der Waals surface area contributed by atoms with Crippen LogP contribution in [0.15, 0.2) is 16.8 Å². The number of fused-ring (bicyclic) bond motifs is 1. The molecule has 1 aliphatic heterocycles. The molecule has 0 amide bonds. The Hall–Kier alpha value is -0.420. The maximum absolute atomic E-state index is 10.7. The lowest BCUT2D eigenvalue weighted by atomic mass is 9.71. The van der Waals surface area contributed by atoms with Crippen LogP contribution in [0.25, 0.3) is 0 Å². The third-order valence-electron chi connectivity index (χ3n) is 5.05. The molecule has 3 unspecified atom stereocenters. The van der Waals surface area contributed by atoms with E-state index >= 15 is 0 Å². The number of likely N-dealkylation sites (tertiary alicyclic amines) is 1. The first-order valence-electron chi connectivity index (χ1n) is 7.41. The van der Waals surface area contributed by atoms with E-state index in [1.807, 2.05) is 0 Å². The van der Waals surface area contributed by atoms with E-state index in [9.17, 15) is 5.11 Å². The molecule has 3 nitrogen and oxygen atoms in total. The Kier molecular flexibility index (Phi) is 3.94. The van der Waals surface area contributed by atoms with Gasteiger partial charge in [-0.1, -0.05) is 12.8 Å². The maximum Gasteiger partial charge on any atom is 0.0700 e. The molecule has 3 atom stereocenters. The molecule has 1 saturated carbocycles. The van der Waals surface area contributed by atoms with Crippen LogP contribution in [0.3, 0.4) is 0 Å². The van der Waals surface area contributed by atoms with Crippen LogP contribution in [0, 0.1) is 5.92 Å². The summed E-state index contributed by atoms with van der Waals surface area (Å²) in [7, 11) is 0. The molecule has 0 bridgehead atoms. The van der Waals surface area contributed by atoms with Crippen LogP contribution < -0.4 is 5.73 Å². The number of rotatable bonds is 3. The molecule has 1 aromatic rings. The number of piperidine rings is 1. The second kappa shape index (κ2) is 5.52. The summed E-state index contributed by atoms with van der Waals surface area (Å²) in [6.07, 6.45) is 5.55. The molecule has 1 aliphatic carbocycles. The monoisotopic (exact) mass is 280 g/mol. The van der Waals surface area contributed by atoms with Crippen LogP contribution >= 0.6 is 11.3 Å². The number of thiophene rings is 1. The van der Waals surface area contributed by atoms with E-state index in [0.717, 1.165) is 25.9 Å². The van der Waals surface area contributed by atoms with Gasteiger partial charge in [-0.15, -0.1) is 0 Å². The Labute approximate surface area is 119 Å². The SMILES string of the molecule is NCC(c1ccsc1)N1CCC2(O)CCCCC2C1. The highest BCUT2D eigenvalue weighted by molar-refractivity contribution is 7.07. The first kappa shape index (κ1) is 13.6. The predicted octanol–water partition coefficient (Wildman–Crippen LogP) is 2.37. The van der Waals surface area contributed by atoms with Crippen LogP contribution in [0.4, 0.5) is 0 Å². The zero-order valence-electron chi connectivity index (χ0n) is 11.4. The minimum absolute atomic E-state index is 0.331. The van der Waals surface area contributed by atoms with Crippen LogP contribution in [0.5, 0.6) is 0 Å². The standard InChI is InChI=1S/C15H24N2OS/c16-9-14(12-4-8-19-11-12)17-7-6-15(18)5-2-1-3-13(15)10-17/h4,8,11,13-14,18H,1-3,5-7,9-10,16H2. The van der Waals surface area contributed by atoms with Crippen molar-refractivity contribution in [1.82, 2.24) is 4.90 Å². The molecule has 1 saturated heterocycles. The van der Waals surface area contributed by atoms with Gasteiger partial charge in [-0.2, -0.15) is 11.3 Å². The van der Waals surface area contributed by atoms with E-state index in [1.54, 1.807) is 11.3 Å². The normalized spacial score (nSPS) is 33.9. The second-order valence-electron chi connectivity index (χ2n) is 6.10. The average Bonchev–Trinajstić information content (AvgIpc) is 2.93. The Morgan fingerprint density at radius 3 is 3.11 bits per heavy atom. The fourth-order valence-electron chi connectivity index (χ4n) is 3.84. The van der Waals surface area contributed by atoms with Gasteiger partial charge in [0.2, 0.25) is 0 Å². The van der Waals surface area contributed by atoms with E-state index in [0.29, 0.717) is 18.5 Å². The third-order valence-corrected chi connectivity index (χ3v) is 5.75. The van der Waals surface area contributed by atoms with Gasteiger partial charge in [0.25, 0.3) is 0 Å². The van der Waals surface area contributed by atoms with Crippen molar-refractivity contribution in [3.8, 4) is 0 Å². The molecule has 3 N–H and O–H groups in total. The highest BCUT2D eigenvalue weighted by Crippen LogP contribution is 2.41. The highest BCUT2D eigenvalue weighted by Gasteiger charge is 2.43. The first-order valence-corrected chi connectivity index (χ1v) is 8.36. The summed E-state index contributed by atoms with van der Waals surface area (Å²) in [6.45, 7) is 2.65. The molecule has 0 aromatic carbocycles. The van der Waals surface area contributed by atoms with Gasteiger partial charge in [-0.05, 0) is 41.7 Å². The lowest BCUT2D eigenvalue weighted by molar-refractivity contribution is -0.102. The molecular formula is C15H24N2OS. The van der Waals surface area contributed by atoms with Crippen molar-refractivity contribution in [3.05, 3.63) is 22.4 Å². The van der Waals surface area contributed by atoms with Crippen molar-refractivity contribution in [2.24, 2.45) is 11.7 Å². The van der Waals surface area contributed by atoms with E-state index < -0.39 is 0 Å². The van der Waals surface area contributed by atoms with Crippen LogP contribution in [-0.4, -0.2) is 35.2 Å². The van der Waals surface area contributed by atoms with E-state index in [-0.39, 0.29) is 5.60 Å². The van der Waals surface area contributed by atoms with Gasteiger partial charge in [0.1, 0.15) is 0 Å². The number of nitrogens with zero attached hydrogens (tertiary/aromatic N) is 1. The lowest BCUT2D eigenvalue weighted by Gasteiger charge is -2.49. The molecule has 0 radical (unpaired) electrons. The quantitative estimate of drug-likeness (QED) is 0.894. The van der Waals surface area contributed by atoms with Gasteiger partial charge in [0.15, 0.2) is 0 Å². The zero-order valence-corrected chi connectivity index (χ0v) is 12.2. The molecule has 3 rings (SSSR count). The number of nitrogens with two attached hydrogens (primary N) is 1. The summed E-state index contributed by atoms with van der Waals surface area (Å²) in [5.41, 5.74) is 6.95. The Morgan fingerprint density at radius 1 is 1.47 bits per heavy atom. The lowest BCUT2D eigenvalue weighted by Crippen LogP contribution is -2.54. The minimum Gasteiger partial charge on any atom is -0.390 e. The van der Waals surface area contributed by atoms with Crippen molar-refractivity contribution >= 4 is 11.3 Å². The van der Waals surface area contributed by atoms with Gasteiger partial charge >= 0.3 is 0 Å². The highest BCUT2D eigenvalue weighted by atomic mass is 32.1. The average molecular weight is 280 g/mol.